The van der Waals surface area contributed by atoms with Gasteiger partial charge in [0.2, 0.25) is 0 Å². The Balaban J connectivity index is 2.03. The van der Waals surface area contributed by atoms with Gasteiger partial charge in [0.25, 0.3) is 0 Å². The molecule has 2 atom stereocenters. The quantitative estimate of drug-likeness (QED) is 0.855. The highest BCUT2D eigenvalue weighted by molar-refractivity contribution is 7.18. The van der Waals surface area contributed by atoms with Gasteiger partial charge in [-0.3, -0.25) is 0 Å². The summed E-state index contributed by atoms with van der Waals surface area (Å²) in [5.41, 5.74) is 1.08. The highest BCUT2D eigenvalue weighted by atomic mass is 32.1. The lowest BCUT2D eigenvalue weighted by Gasteiger charge is -2.16. The number of aromatic nitrogens is 1. The number of hydrogen-bond acceptors (Lipinski definition) is 4. The largest absolute Gasteiger partial charge is 0.395 e. The lowest BCUT2D eigenvalue weighted by molar-refractivity contribution is 0.242. The lowest BCUT2D eigenvalue weighted by atomic mass is 10.2. The van der Waals surface area contributed by atoms with Gasteiger partial charge >= 0.3 is 0 Å². The number of aliphatic hydroxyl groups excluding tert-OH is 1. The average Bonchev–Trinajstić information content (AvgIpc) is 2.70. The first-order valence-electron chi connectivity index (χ1n) is 5.90. The molecule has 2 aromatic rings. The molecule has 0 spiro atoms. The van der Waals surface area contributed by atoms with Gasteiger partial charge in [-0.2, -0.15) is 0 Å². The molecule has 4 heteroatoms. The van der Waals surface area contributed by atoms with E-state index >= 15 is 0 Å². The molecule has 0 fully saturated rings. The van der Waals surface area contributed by atoms with Crippen LogP contribution >= 0.6 is 11.3 Å². The summed E-state index contributed by atoms with van der Waals surface area (Å²) >= 11 is 1.75. The van der Waals surface area contributed by atoms with Crippen molar-refractivity contribution in [3.05, 3.63) is 29.3 Å². The van der Waals surface area contributed by atoms with Gasteiger partial charge in [-0.1, -0.05) is 12.1 Å². The van der Waals surface area contributed by atoms with E-state index in [1.54, 1.807) is 11.3 Å². The van der Waals surface area contributed by atoms with Crippen LogP contribution in [0.1, 0.15) is 18.9 Å². The topological polar surface area (TPSA) is 45.2 Å². The van der Waals surface area contributed by atoms with Crippen molar-refractivity contribution in [3.8, 4) is 0 Å². The highest BCUT2D eigenvalue weighted by Crippen LogP contribution is 2.22. The second kappa shape index (κ2) is 5.58. The first kappa shape index (κ1) is 12.5. The summed E-state index contributed by atoms with van der Waals surface area (Å²) in [6.07, 6.45) is 0.906. The molecule has 2 rings (SSSR count). The zero-order chi connectivity index (χ0) is 12.3. The van der Waals surface area contributed by atoms with E-state index in [0.717, 1.165) is 16.9 Å². The normalized spacial score (nSPS) is 15.0. The third-order valence-electron chi connectivity index (χ3n) is 2.66. The van der Waals surface area contributed by atoms with Gasteiger partial charge in [0.15, 0.2) is 0 Å². The molecule has 1 aromatic carbocycles. The molecule has 0 bridgehead atoms. The van der Waals surface area contributed by atoms with Crippen molar-refractivity contribution in [3.63, 3.8) is 0 Å². The number of benzene rings is 1. The summed E-state index contributed by atoms with van der Waals surface area (Å²) in [6.45, 7) is 4.28. The van der Waals surface area contributed by atoms with Crippen LogP contribution < -0.4 is 5.32 Å². The molecular formula is C13H18N2OS. The fourth-order valence-corrected chi connectivity index (χ4v) is 2.96. The Kier molecular flexibility index (Phi) is 4.10. The third-order valence-corrected chi connectivity index (χ3v) is 3.72. The van der Waals surface area contributed by atoms with Gasteiger partial charge in [0.1, 0.15) is 0 Å². The maximum Gasteiger partial charge on any atom is 0.0954 e. The fraction of sp³-hybridized carbons (Fsp3) is 0.462. The minimum Gasteiger partial charge on any atom is -0.395 e. The molecule has 0 saturated carbocycles. The molecule has 1 unspecified atom stereocenters. The molecular weight excluding hydrogens is 232 g/mol. The molecule has 0 amide bonds. The Morgan fingerprint density at radius 3 is 2.76 bits per heavy atom. The SMILES string of the molecule is CC(Cc1nc2ccccc2s1)N[C@H](C)CO. The van der Waals surface area contributed by atoms with Crippen LogP contribution in [-0.4, -0.2) is 28.8 Å². The summed E-state index contributed by atoms with van der Waals surface area (Å²) in [6, 6.07) is 8.67. The smallest absolute Gasteiger partial charge is 0.0954 e. The summed E-state index contributed by atoms with van der Waals surface area (Å²) in [5, 5.41) is 13.5. The number of nitrogens with one attached hydrogen (secondary N) is 1. The molecule has 1 heterocycles. The van der Waals surface area contributed by atoms with Gasteiger partial charge in [-0.05, 0) is 26.0 Å². The van der Waals surface area contributed by atoms with Gasteiger partial charge in [-0.25, -0.2) is 4.98 Å². The number of para-hydroxylation sites is 1. The summed E-state index contributed by atoms with van der Waals surface area (Å²) < 4.78 is 1.24. The molecule has 0 radical (unpaired) electrons. The Morgan fingerprint density at radius 2 is 2.06 bits per heavy atom. The highest BCUT2D eigenvalue weighted by Gasteiger charge is 2.10. The molecule has 3 nitrogen and oxygen atoms in total. The molecule has 0 aliphatic rings. The van der Waals surface area contributed by atoms with Crippen molar-refractivity contribution in [2.75, 3.05) is 6.61 Å². The van der Waals surface area contributed by atoms with Crippen molar-refractivity contribution < 1.29 is 5.11 Å². The average molecular weight is 250 g/mol. The van der Waals surface area contributed by atoms with Crippen LogP contribution in [0.15, 0.2) is 24.3 Å². The van der Waals surface area contributed by atoms with Crippen LogP contribution in [0.4, 0.5) is 0 Å². The molecule has 0 aliphatic carbocycles. The number of rotatable bonds is 5. The van der Waals surface area contributed by atoms with Crippen LogP contribution in [0.3, 0.4) is 0 Å². The molecule has 0 aliphatic heterocycles. The zero-order valence-corrected chi connectivity index (χ0v) is 11.0. The predicted molar refractivity (Wildman–Crippen MR) is 72.5 cm³/mol. The van der Waals surface area contributed by atoms with E-state index in [-0.39, 0.29) is 12.6 Å². The summed E-state index contributed by atoms with van der Waals surface area (Å²) in [4.78, 5) is 4.60. The van der Waals surface area contributed by atoms with Crippen molar-refractivity contribution in [1.82, 2.24) is 10.3 Å². The van der Waals surface area contributed by atoms with Crippen LogP contribution in [0.25, 0.3) is 10.2 Å². The number of aliphatic hydroxyl groups is 1. The fourth-order valence-electron chi connectivity index (χ4n) is 1.87. The van der Waals surface area contributed by atoms with E-state index in [1.165, 1.54) is 4.70 Å². The van der Waals surface area contributed by atoms with Gasteiger partial charge in [-0.15, -0.1) is 11.3 Å². The van der Waals surface area contributed by atoms with E-state index in [9.17, 15) is 0 Å². The third kappa shape index (κ3) is 3.25. The number of fused-ring (bicyclic) bond motifs is 1. The Morgan fingerprint density at radius 1 is 1.29 bits per heavy atom. The zero-order valence-electron chi connectivity index (χ0n) is 10.2. The Hall–Kier alpha value is -0.970. The van der Waals surface area contributed by atoms with Gasteiger partial charge in [0, 0.05) is 18.5 Å². The predicted octanol–water partition coefficient (Wildman–Crippen LogP) is 2.20. The molecule has 2 N–H and O–H groups in total. The van der Waals surface area contributed by atoms with Crippen molar-refractivity contribution in [2.24, 2.45) is 0 Å². The van der Waals surface area contributed by atoms with E-state index in [1.807, 2.05) is 25.1 Å². The molecule has 92 valence electrons. The number of thiazole rings is 1. The number of hydrogen-bond donors (Lipinski definition) is 2. The maximum absolute atomic E-state index is 8.99. The first-order valence-corrected chi connectivity index (χ1v) is 6.72. The van der Waals surface area contributed by atoms with Crippen LogP contribution in [0, 0.1) is 0 Å². The second-order valence-electron chi connectivity index (χ2n) is 4.43. The first-order chi connectivity index (χ1) is 8.19. The summed E-state index contributed by atoms with van der Waals surface area (Å²) in [7, 11) is 0. The van der Waals surface area contributed by atoms with E-state index in [2.05, 4.69) is 23.3 Å². The van der Waals surface area contributed by atoms with Crippen LogP contribution in [-0.2, 0) is 6.42 Å². The minimum atomic E-state index is 0.138. The standard InChI is InChI=1S/C13H18N2OS/c1-9(14-10(2)8-16)7-13-15-11-5-3-4-6-12(11)17-13/h3-6,9-10,14,16H,7-8H2,1-2H3/t9?,10-/m1/s1. The maximum atomic E-state index is 8.99. The van der Waals surface area contributed by atoms with Crippen LogP contribution in [0.5, 0.6) is 0 Å². The van der Waals surface area contributed by atoms with Crippen molar-refractivity contribution in [2.45, 2.75) is 32.4 Å². The lowest BCUT2D eigenvalue weighted by Crippen LogP contribution is -2.37. The summed E-state index contributed by atoms with van der Waals surface area (Å²) in [5.74, 6) is 0. The second-order valence-corrected chi connectivity index (χ2v) is 5.55. The minimum absolute atomic E-state index is 0.138. The molecule has 0 saturated heterocycles. The molecule has 17 heavy (non-hydrogen) atoms. The van der Waals surface area contributed by atoms with E-state index in [0.29, 0.717) is 6.04 Å². The Bertz CT molecular complexity index is 450. The van der Waals surface area contributed by atoms with Gasteiger partial charge in [0.05, 0.1) is 21.8 Å². The number of nitrogens with zero attached hydrogens (tertiary/aromatic N) is 1. The monoisotopic (exact) mass is 250 g/mol. The van der Waals surface area contributed by atoms with Crippen LogP contribution in [0.2, 0.25) is 0 Å². The van der Waals surface area contributed by atoms with E-state index in [4.69, 9.17) is 5.11 Å². The molecule has 1 aromatic heterocycles. The van der Waals surface area contributed by atoms with Crippen molar-refractivity contribution in [1.29, 1.82) is 0 Å². The van der Waals surface area contributed by atoms with Crippen molar-refractivity contribution >= 4 is 21.6 Å². The van der Waals surface area contributed by atoms with E-state index < -0.39 is 0 Å². The Labute approximate surface area is 106 Å². The van der Waals surface area contributed by atoms with Gasteiger partial charge < -0.3 is 10.4 Å².